The number of carbonyl (C=O) groups is 2. The summed E-state index contributed by atoms with van der Waals surface area (Å²) in [6.07, 6.45) is -3.81. The first kappa shape index (κ1) is 10.0. The molecular weight excluding hydrogens is 158 g/mol. The number of halogens is 2. The van der Waals surface area contributed by atoms with Gasteiger partial charge in [0.25, 0.3) is 0 Å². The molecular formula is C6H8F2O3. The van der Waals surface area contributed by atoms with Gasteiger partial charge in [-0.25, -0.2) is 18.4 Å². The third-order valence-electron chi connectivity index (χ3n) is 0.851. The Hall–Kier alpha value is -1.00. The zero-order chi connectivity index (χ0) is 9.02. The highest BCUT2D eigenvalue weighted by Crippen LogP contribution is 1.97. The van der Waals surface area contributed by atoms with Crippen LogP contribution in [0.15, 0.2) is 0 Å². The molecule has 0 saturated carbocycles. The van der Waals surface area contributed by atoms with Crippen LogP contribution in [0.25, 0.3) is 0 Å². The van der Waals surface area contributed by atoms with Gasteiger partial charge in [0, 0.05) is 0 Å². The maximum Gasteiger partial charge on any atom is 0.348 e. The van der Waals surface area contributed by atoms with Gasteiger partial charge in [-0.1, -0.05) is 0 Å². The zero-order valence-corrected chi connectivity index (χ0v) is 6.14. The predicted octanol–water partition coefficient (Wildman–Crippen LogP) is 0.772. The summed E-state index contributed by atoms with van der Waals surface area (Å²) in [6, 6.07) is 0. The normalized spacial score (nSPS) is 15.3. The van der Waals surface area contributed by atoms with Crippen molar-refractivity contribution in [1.82, 2.24) is 0 Å². The third-order valence-corrected chi connectivity index (χ3v) is 0.851. The molecule has 0 bridgehead atoms. The van der Waals surface area contributed by atoms with Crippen LogP contribution < -0.4 is 0 Å². The van der Waals surface area contributed by atoms with Gasteiger partial charge in [-0.05, 0) is 13.8 Å². The van der Waals surface area contributed by atoms with Gasteiger partial charge < -0.3 is 4.74 Å². The van der Waals surface area contributed by atoms with Crippen molar-refractivity contribution in [3.8, 4) is 0 Å². The molecule has 0 N–H and O–H groups in total. The van der Waals surface area contributed by atoms with Gasteiger partial charge >= 0.3 is 11.9 Å². The van der Waals surface area contributed by atoms with Gasteiger partial charge in [0.1, 0.15) is 0 Å². The van der Waals surface area contributed by atoms with Crippen LogP contribution in [0.3, 0.4) is 0 Å². The Bertz CT molecular complexity index is 147. The SMILES string of the molecule is CC(F)C(=O)OC(=O)C(C)F. The molecule has 0 aliphatic carbocycles. The highest BCUT2D eigenvalue weighted by Gasteiger charge is 2.20. The lowest BCUT2D eigenvalue weighted by molar-refractivity contribution is -0.165. The van der Waals surface area contributed by atoms with Crippen molar-refractivity contribution >= 4 is 11.9 Å². The van der Waals surface area contributed by atoms with E-state index in [0.717, 1.165) is 13.8 Å². The van der Waals surface area contributed by atoms with Crippen molar-refractivity contribution in [2.75, 3.05) is 0 Å². The minimum absolute atomic E-state index is 0.901. The first-order chi connectivity index (χ1) is 4.95. The predicted molar refractivity (Wildman–Crippen MR) is 32.2 cm³/mol. The Labute approximate surface area is 62.3 Å². The van der Waals surface area contributed by atoms with E-state index in [9.17, 15) is 18.4 Å². The highest BCUT2D eigenvalue weighted by molar-refractivity contribution is 5.89. The maximum absolute atomic E-state index is 12.0. The van der Waals surface area contributed by atoms with Crippen molar-refractivity contribution in [2.24, 2.45) is 0 Å². The second-order valence-corrected chi connectivity index (χ2v) is 1.97. The number of alkyl halides is 2. The van der Waals surface area contributed by atoms with Gasteiger partial charge in [-0.2, -0.15) is 0 Å². The second kappa shape index (κ2) is 4.00. The molecule has 0 radical (unpaired) electrons. The van der Waals surface area contributed by atoms with E-state index in [-0.39, 0.29) is 0 Å². The van der Waals surface area contributed by atoms with Crippen molar-refractivity contribution in [2.45, 2.75) is 26.2 Å². The quantitative estimate of drug-likeness (QED) is 0.449. The molecule has 11 heavy (non-hydrogen) atoms. The molecule has 5 heteroatoms. The van der Waals surface area contributed by atoms with E-state index in [1.54, 1.807) is 0 Å². The fourth-order valence-electron chi connectivity index (χ4n) is 0.262. The average Bonchev–Trinajstić information content (AvgIpc) is 1.87. The van der Waals surface area contributed by atoms with Gasteiger partial charge in [0.05, 0.1) is 0 Å². The summed E-state index contributed by atoms with van der Waals surface area (Å²) in [6.45, 7) is 1.80. The molecule has 0 aliphatic heterocycles. The number of hydrogen-bond acceptors (Lipinski definition) is 3. The molecule has 0 heterocycles. The van der Waals surface area contributed by atoms with Gasteiger partial charge in [0.2, 0.25) is 0 Å². The standard InChI is InChI=1S/C6H8F2O3/c1-3(7)5(9)11-6(10)4(2)8/h3-4H,1-2H3. The third kappa shape index (κ3) is 3.64. The summed E-state index contributed by atoms with van der Waals surface area (Å²) in [5, 5.41) is 0. The van der Waals surface area contributed by atoms with Crippen molar-refractivity contribution < 1.29 is 23.1 Å². The topological polar surface area (TPSA) is 43.4 Å². The summed E-state index contributed by atoms with van der Waals surface area (Å²) in [5.41, 5.74) is 0. The Morgan fingerprint density at radius 3 is 1.55 bits per heavy atom. The summed E-state index contributed by atoms with van der Waals surface area (Å²) in [5.74, 6) is -2.72. The van der Waals surface area contributed by atoms with E-state index in [4.69, 9.17) is 0 Å². The molecule has 3 nitrogen and oxygen atoms in total. The molecule has 2 atom stereocenters. The van der Waals surface area contributed by atoms with Crippen LogP contribution in [-0.4, -0.2) is 24.3 Å². The second-order valence-electron chi connectivity index (χ2n) is 1.97. The monoisotopic (exact) mass is 166 g/mol. The molecule has 0 rings (SSSR count). The van der Waals surface area contributed by atoms with Crippen LogP contribution in [0.4, 0.5) is 8.78 Å². The van der Waals surface area contributed by atoms with Gasteiger partial charge in [-0.15, -0.1) is 0 Å². The average molecular weight is 166 g/mol. The lowest BCUT2D eigenvalue weighted by Crippen LogP contribution is -2.24. The highest BCUT2D eigenvalue weighted by atomic mass is 19.1. The lowest BCUT2D eigenvalue weighted by Gasteiger charge is -2.02. The van der Waals surface area contributed by atoms with Crippen molar-refractivity contribution in [3.63, 3.8) is 0 Å². The Morgan fingerprint density at radius 1 is 1.09 bits per heavy atom. The lowest BCUT2D eigenvalue weighted by atomic mass is 10.4. The van der Waals surface area contributed by atoms with Crippen LogP contribution >= 0.6 is 0 Å². The molecule has 0 aromatic heterocycles. The summed E-state index contributed by atoms with van der Waals surface area (Å²) < 4.78 is 27.7. The fourth-order valence-corrected chi connectivity index (χ4v) is 0.262. The van der Waals surface area contributed by atoms with Gasteiger partial charge in [0.15, 0.2) is 12.3 Å². The minimum Gasteiger partial charge on any atom is -0.389 e. The number of esters is 2. The number of rotatable bonds is 2. The smallest absolute Gasteiger partial charge is 0.348 e. The molecule has 0 spiro atoms. The Kier molecular flexibility index (Phi) is 3.64. The van der Waals surface area contributed by atoms with E-state index >= 15 is 0 Å². The molecule has 0 aromatic rings. The summed E-state index contributed by atoms with van der Waals surface area (Å²) in [4.78, 5) is 20.5. The number of ether oxygens (including phenoxy) is 1. The van der Waals surface area contributed by atoms with Crippen LogP contribution in [0.5, 0.6) is 0 Å². The first-order valence-corrected chi connectivity index (χ1v) is 2.98. The van der Waals surface area contributed by atoms with Crippen LogP contribution in [0, 0.1) is 0 Å². The van der Waals surface area contributed by atoms with E-state index < -0.39 is 24.3 Å². The largest absolute Gasteiger partial charge is 0.389 e. The minimum atomic E-state index is -1.90. The maximum atomic E-state index is 12.0. The molecule has 0 fully saturated rings. The molecule has 2 unspecified atom stereocenters. The Morgan fingerprint density at radius 2 is 1.36 bits per heavy atom. The van der Waals surface area contributed by atoms with Crippen LogP contribution in [0.1, 0.15) is 13.8 Å². The molecule has 0 amide bonds. The van der Waals surface area contributed by atoms with E-state index in [0.29, 0.717) is 0 Å². The molecule has 0 aromatic carbocycles. The number of carbonyl (C=O) groups excluding carboxylic acids is 2. The summed E-state index contributed by atoms with van der Waals surface area (Å²) in [7, 11) is 0. The van der Waals surface area contributed by atoms with E-state index in [2.05, 4.69) is 4.74 Å². The van der Waals surface area contributed by atoms with Crippen LogP contribution in [-0.2, 0) is 14.3 Å². The first-order valence-electron chi connectivity index (χ1n) is 2.98. The van der Waals surface area contributed by atoms with E-state index in [1.807, 2.05) is 0 Å². The fraction of sp³-hybridized carbons (Fsp3) is 0.667. The molecule has 0 aliphatic rings. The zero-order valence-electron chi connectivity index (χ0n) is 6.14. The van der Waals surface area contributed by atoms with Crippen molar-refractivity contribution in [3.05, 3.63) is 0 Å². The van der Waals surface area contributed by atoms with Crippen molar-refractivity contribution in [1.29, 1.82) is 0 Å². The van der Waals surface area contributed by atoms with Gasteiger partial charge in [-0.3, -0.25) is 0 Å². The Balaban J connectivity index is 3.86. The van der Waals surface area contributed by atoms with Crippen LogP contribution in [0.2, 0.25) is 0 Å². The summed E-state index contributed by atoms with van der Waals surface area (Å²) >= 11 is 0. The molecule has 0 saturated heterocycles. The number of hydrogen-bond donors (Lipinski definition) is 0. The van der Waals surface area contributed by atoms with E-state index in [1.165, 1.54) is 0 Å². The molecule has 64 valence electrons.